The summed E-state index contributed by atoms with van der Waals surface area (Å²) in [6, 6.07) is 5.56. The van der Waals surface area contributed by atoms with Crippen LogP contribution in [0.1, 0.15) is 89.7 Å². The maximum absolute atomic E-state index is 16.2. The molecule has 5 heterocycles. The lowest BCUT2D eigenvalue weighted by molar-refractivity contribution is -0.135. The fraction of sp³-hybridized carbons (Fsp3) is 0.706. The molecule has 12 heteroatoms. The topological polar surface area (TPSA) is 109 Å². The highest BCUT2D eigenvalue weighted by Gasteiger charge is 2.40. The molecule has 4 aliphatic heterocycles. The molecule has 0 saturated carbocycles. The third-order valence-electron chi connectivity index (χ3n) is 10.5. The van der Waals surface area contributed by atoms with E-state index in [9.17, 15) is 19.2 Å². The van der Waals surface area contributed by atoms with Crippen LogP contribution in [0.2, 0.25) is 0 Å². The Kier molecular flexibility index (Phi) is 9.06. The molecule has 252 valence electrons. The molecule has 1 unspecified atom stereocenters. The monoisotopic (exact) mass is 640 g/mol. The first-order chi connectivity index (χ1) is 21.8. The minimum atomic E-state index is -1.20. The highest BCUT2D eigenvalue weighted by molar-refractivity contribution is 6.00. The average Bonchev–Trinajstić information content (AvgIpc) is 3.26. The van der Waals surface area contributed by atoms with Crippen LogP contribution in [0, 0.1) is 0 Å². The molecule has 0 aliphatic carbocycles. The maximum Gasteiger partial charge on any atom is 0.410 e. The largest absolute Gasteiger partial charge is 0.444 e. The second kappa shape index (κ2) is 12.7. The van der Waals surface area contributed by atoms with E-state index in [4.69, 9.17) is 4.74 Å². The third-order valence-corrected chi connectivity index (χ3v) is 10.5. The molecule has 4 aliphatic rings. The van der Waals surface area contributed by atoms with E-state index in [-0.39, 0.29) is 30.0 Å². The summed E-state index contributed by atoms with van der Waals surface area (Å²) in [6.45, 7) is 10.5. The van der Waals surface area contributed by atoms with Crippen molar-refractivity contribution in [2.45, 2.75) is 101 Å². The number of aromatic nitrogens is 2. The van der Waals surface area contributed by atoms with Crippen LogP contribution in [0.25, 0.3) is 11.0 Å². The number of piperidine rings is 4. The number of nitrogens with one attached hydrogen (secondary N) is 1. The van der Waals surface area contributed by atoms with Crippen LogP contribution < -0.4 is 11.0 Å². The van der Waals surface area contributed by atoms with Gasteiger partial charge in [-0.3, -0.25) is 24.0 Å². The predicted octanol–water partition coefficient (Wildman–Crippen LogP) is 3.70. The summed E-state index contributed by atoms with van der Waals surface area (Å²) in [5, 5.41) is 2.38. The van der Waals surface area contributed by atoms with Gasteiger partial charge in [-0.25, -0.2) is 14.0 Å². The number of imidazole rings is 1. The van der Waals surface area contributed by atoms with Gasteiger partial charge in [0.25, 0.3) is 0 Å². The lowest BCUT2D eigenvalue weighted by Crippen LogP contribution is -2.54. The van der Waals surface area contributed by atoms with E-state index in [1.165, 1.54) is 0 Å². The highest BCUT2D eigenvalue weighted by Crippen LogP contribution is 2.36. The number of imide groups is 1. The minimum Gasteiger partial charge on any atom is -0.444 e. The Morgan fingerprint density at radius 1 is 0.978 bits per heavy atom. The van der Waals surface area contributed by atoms with Crippen LogP contribution in [0.4, 0.5) is 9.18 Å². The van der Waals surface area contributed by atoms with Crippen LogP contribution in [-0.2, 0) is 21.4 Å². The van der Waals surface area contributed by atoms with E-state index in [0.29, 0.717) is 50.5 Å². The molecule has 4 saturated heterocycles. The van der Waals surface area contributed by atoms with Gasteiger partial charge >= 0.3 is 11.8 Å². The molecule has 4 fully saturated rings. The number of carbonyl (C=O) groups excluding carboxylic acids is 3. The number of amides is 3. The van der Waals surface area contributed by atoms with Gasteiger partial charge in [0, 0.05) is 52.2 Å². The van der Waals surface area contributed by atoms with Crippen LogP contribution in [-0.4, -0.2) is 105 Å². The highest BCUT2D eigenvalue weighted by atomic mass is 19.1. The molecule has 0 spiro atoms. The quantitative estimate of drug-likeness (QED) is 0.497. The zero-order chi connectivity index (χ0) is 32.8. The van der Waals surface area contributed by atoms with E-state index in [1.54, 1.807) is 21.1 Å². The van der Waals surface area contributed by atoms with Gasteiger partial charge in [0.05, 0.1) is 11.0 Å². The van der Waals surface area contributed by atoms with Gasteiger partial charge in [-0.05, 0) is 96.4 Å². The normalized spacial score (nSPS) is 24.4. The first-order valence-electron chi connectivity index (χ1n) is 17.0. The number of aryl methyl sites for hydroxylation is 1. The summed E-state index contributed by atoms with van der Waals surface area (Å²) in [4.78, 5) is 56.6. The van der Waals surface area contributed by atoms with E-state index in [1.807, 2.05) is 32.9 Å². The van der Waals surface area contributed by atoms with Crippen molar-refractivity contribution in [3.8, 4) is 0 Å². The zero-order valence-electron chi connectivity index (χ0n) is 27.7. The zero-order valence-corrected chi connectivity index (χ0v) is 27.7. The average molecular weight is 641 g/mol. The van der Waals surface area contributed by atoms with Crippen molar-refractivity contribution in [2.75, 3.05) is 45.8 Å². The molecule has 3 amide bonds. The lowest BCUT2D eigenvalue weighted by atomic mass is 9.86. The summed E-state index contributed by atoms with van der Waals surface area (Å²) in [5.41, 5.74) is 0.677. The number of nitrogens with zero attached hydrogens (tertiary/aromatic N) is 5. The van der Waals surface area contributed by atoms with E-state index in [2.05, 4.69) is 21.2 Å². The minimum absolute atomic E-state index is 0.209. The van der Waals surface area contributed by atoms with Gasteiger partial charge in [0.15, 0.2) is 0 Å². The molecule has 0 radical (unpaired) electrons. The first-order valence-corrected chi connectivity index (χ1v) is 17.0. The van der Waals surface area contributed by atoms with Crippen LogP contribution in [0.3, 0.4) is 0 Å². The van der Waals surface area contributed by atoms with Crippen molar-refractivity contribution < 1.29 is 23.5 Å². The number of carbonyl (C=O) groups is 3. The number of likely N-dealkylation sites (tertiary alicyclic amines) is 3. The van der Waals surface area contributed by atoms with Crippen molar-refractivity contribution in [1.29, 1.82) is 0 Å². The van der Waals surface area contributed by atoms with Crippen molar-refractivity contribution >= 4 is 28.9 Å². The summed E-state index contributed by atoms with van der Waals surface area (Å²) >= 11 is 0. The molecule has 1 N–H and O–H groups in total. The molecule has 11 nitrogen and oxygen atoms in total. The Bertz CT molecular complexity index is 1520. The van der Waals surface area contributed by atoms with Gasteiger partial charge < -0.3 is 19.4 Å². The summed E-state index contributed by atoms with van der Waals surface area (Å²) in [7, 11) is 1.75. The van der Waals surface area contributed by atoms with Crippen molar-refractivity contribution in [2.24, 2.45) is 7.05 Å². The molecule has 6 rings (SSSR count). The SMILES string of the molecule is Cn1c(=O)n(C2CCC(=O)NC2=O)c2cccc(C3CCN(CC4(F)CCN(C5CCN(C(=O)OC(C)(C)C)CC5)CC4)CC3)c21. The van der Waals surface area contributed by atoms with Gasteiger partial charge in [0.1, 0.15) is 17.3 Å². The van der Waals surface area contributed by atoms with Crippen LogP contribution in [0.5, 0.6) is 0 Å². The van der Waals surface area contributed by atoms with Gasteiger partial charge in [-0.1, -0.05) is 12.1 Å². The second-order valence-corrected chi connectivity index (χ2v) is 14.8. The van der Waals surface area contributed by atoms with Gasteiger partial charge in [-0.2, -0.15) is 0 Å². The van der Waals surface area contributed by atoms with Gasteiger partial charge in [0.2, 0.25) is 11.8 Å². The molecular weight excluding hydrogens is 591 g/mol. The fourth-order valence-electron chi connectivity index (χ4n) is 8.02. The maximum atomic E-state index is 16.2. The van der Waals surface area contributed by atoms with E-state index in [0.717, 1.165) is 62.9 Å². The molecule has 2 aromatic rings. The van der Waals surface area contributed by atoms with E-state index < -0.39 is 23.2 Å². The number of halogens is 1. The Morgan fingerprint density at radius 3 is 2.28 bits per heavy atom. The molecule has 1 atom stereocenters. The molecule has 46 heavy (non-hydrogen) atoms. The number of alkyl halides is 1. The first kappa shape index (κ1) is 32.7. The molecule has 1 aromatic heterocycles. The Morgan fingerprint density at radius 2 is 1.65 bits per heavy atom. The summed E-state index contributed by atoms with van der Waals surface area (Å²) in [5.74, 6) is -0.508. The summed E-state index contributed by atoms with van der Waals surface area (Å²) < 4.78 is 24.9. The fourth-order valence-corrected chi connectivity index (χ4v) is 8.02. The Labute approximate surface area is 270 Å². The van der Waals surface area contributed by atoms with Gasteiger partial charge in [-0.15, -0.1) is 0 Å². The third kappa shape index (κ3) is 6.74. The molecule has 0 bridgehead atoms. The number of benzene rings is 1. The number of hydrogen-bond acceptors (Lipinski definition) is 7. The number of fused-ring (bicyclic) bond motifs is 1. The lowest BCUT2D eigenvalue weighted by Gasteiger charge is -2.45. The smallest absolute Gasteiger partial charge is 0.410 e. The Hall–Kier alpha value is -3.25. The second-order valence-electron chi connectivity index (χ2n) is 14.8. The number of rotatable bonds is 5. The number of ether oxygens (including phenoxy) is 1. The molecular formula is C34H49FN6O5. The van der Waals surface area contributed by atoms with Crippen molar-refractivity contribution in [3.05, 3.63) is 34.2 Å². The Balaban J connectivity index is 1.02. The molecule has 1 aromatic carbocycles. The predicted molar refractivity (Wildman–Crippen MR) is 172 cm³/mol. The van der Waals surface area contributed by atoms with E-state index >= 15 is 4.39 Å². The van der Waals surface area contributed by atoms with Crippen molar-refractivity contribution in [1.82, 2.24) is 29.2 Å². The van der Waals surface area contributed by atoms with Crippen molar-refractivity contribution in [3.63, 3.8) is 0 Å². The summed E-state index contributed by atoms with van der Waals surface area (Å²) in [6.07, 6.45) is 4.83. The number of para-hydroxylation sites is 1. The number of hydrogen-bond donors (Lipinski definition) is 1. The van der Waals surface area contributed by atoms with Crippen LogP contribution >= 0.6 is 0 Å². The van der Waals surface area contributed by atoms with Crippen LogP contribution in [0.15, 0.2) is 23.0 Å². The standard InChI is InChI=1S/C34H49FN6O5/c1-33(2,3)46-32(45)40-18-12-24(13-19-40)39-20-14-34(35,15-21-39)22-38-16-10-23(11-17-38)25-6-5-7-26-29(25)37(4)31(44)41(26)27-8-9-28(42)36-30(27)43/h5-7,23-24,27H,8-22H2,1-4H3,(H,36,42,43).